The summed E-state index contributed by atoms with van der Waals surface area (Å²) in [7, 11) is 0. The fraction of sp³-hybridized carbons (Fsp3) is 0.500. The summed E-state index contributed by atoms with van der Waals surface area (Å²) in [5.74, 6) is 0.393. The summed E-state index contributed by atoms with van der Waals surface area (Å²) in [6.45, 7) is 2.11. The standard InChI is InChI=1S/C18H20O3/c1-11-7-14-10-13(9-12-5-3-2-4-6-12)16-18(14,20)15(8-11)17(19)21-16/h2-6,8,11,13-14,16,20H,7,9-10H2,1H3/t11-,13-,14+,16-,18+/m1/s1. The van der Waals surface area contributed by atoms with E-state index in [4.69, 9.17) is 4.74 Å². The van der Waals surface area contributed by atoms with Crippen LogP contribution in [0.4, 0.5) is 0 Å². The molecular formula is C18H20O3. The molecule has 3 heteroatoms. The molecule has 2 fully saturated rings. The summed E-state index contributed by atoms with van der Waals surface area (Å²) in [6.07, 6.45) is 4.29. The molecule has 1 saturated carbocycles. The maximum Gasteiger partial charge on any atom is 0.337 e. The molecule has 0 aromatic heterocycles. The summed E-state index contributed by atoms with van der Waals surface area (Å²) in [5, 5.41) is 11.1. The first-order valence-electron chi connectivity index (χ1n) is 7.78. The molecule has 4 rings (SSSR count). The largest absolute Gasteiger partial charge is 0.455 e. The Morgan fingerprint density at radius 1 is 1.29 bits per heavy atom. The van der Waals surface area contributed by atoms with E-state index in [-0.39, 0.29) is 23.9 Å². The summed E-state index contributed by atoms with van der Waals surface area (Å²) < 4.78 is 5.58. The maximum atomic E-state index is 12.1. The van der Waals surface area contributed by atoms with Crippen molar-refractivity contribution >= 4 is 5.97 Å². The molecule has 0 radical (unpaired) electrons. The third-order valence-electron chi connectivity index (χ3n) is 5.41. The van der Waals surface area contributed by atoms with Gasteiger partial charge in [0.2, 0.25) is 0 Å². The Bertz CT molecular complexity index is 606. The number of carbonyl (C=O) groups excluding carboxylic acids is 1. The molecule has 1 aromatic carbocycles. The molecule has 2 aliphatic carbocycles. The van der Waals surface area contributed by atoms with Gasteiger partial charge in [-0.05, 0) is 36.7 Å². The monoisotopic (exact) mass is 284 g/mol. The molecule has 0 amide bonds. The summed E-state index contributed by atoms with van der Waals surface area (Å²) in [4.78, 5) is 12.1. The van der Waals surface area contributed by atoms with Crippen LogP contribution in [0.2, 0.25) is 0 Å². The van der Waals surface area contributed by atoms with Crippen LogP contribution in [-0.2, 0) is 16.0 Å². The van der Waals surface area contributed by atoms with E-state index in [0.717, 1.165) is 19.3 Å². The average molecular weight is 284 g/mol. The van der Waals surface area contributed by atoms with Crippen molar-refractivity contribution in [3.8, 4) is 0 Å². The molecule has 110 valence electrons. The van der Waals surface area contributed by atoms with Crippen molar-refractivity contribution in [1.29, 1.82) is 0 Å². The minimum Gasteiger partial charge on any atom is -0.455 e. The Hall–Kier alpha value is -1.61. The SMILES string of the molecule is C[C@H]1C=C2C(=O)O[C@@H]3[C@H](Cc4ccccc4)C[C@H](C1)[C@]23O. The zero-order valence-electron chi connectivity index (χ0n) is 12.2. The van der Waals surface area contributed by atoms with Crippen LogP contribution in [0.5, 0.6) is 0 Å². The number of allylic oxidation sites excluding steroid dienone is 1. The van der Waals surface area contributed by atoms with Crippen molar-refractivity contribution in [3.05, 3.63) is 47.5 Å². The topological polar surface area (TPSA) is 46.5 Å². The molecule has 5 atom stereocenters. The minimum absolute atomic E-state index is 0.151. The molecule has 1 aliphatic heterocycles. The molecule has 1 aromatic rings. The Labute approximate surface area is 124 Å². The number of benzene rings is 1. The van der Waals surface area contributed by atoms with E-state index >= 15 is 0 Å². The lowest BCUT2D eigenvalue weighted by molar-refractivity contribution is -0.142. The number of carbonyl (C=O) groups is 1. The predicted molar refractivity (Wildman–Crippen MR) is 78.4 cm³/mol. The Morgan fingerprint density at radius 2 is 2.05 bits per heavy atom. The first-order valence-corrected chi connectivity index (χ1v) is 7.78. The number of rotatable bonds is 2. The van der Waals surface area contributed by atoms with Crippen LogP contribution in [0.1, 0.15) is 25.3 Å². The van der Waals surface area contributed by atoms with Gasteiger partial charge in [0.25, 0.3) is 0 Å². The van der Waals surface area contributed by atoms with Crippen LogP contribution in [0, 0.1) is 17.8 Å². The molecular weight excluding hydrogens is 264 g/mol. The number of aliphatic hydroxyl groups is 1. The Kier molecular flexibility index (Phi) is 2.77. The zero-order valence-corrected chi connectivity index (χ0v) is 12.2. The second-order valence-electron chi connectivity index (χ2n) is 6.83. The van der Waals surface area contributed by atoms with Crippen molar-refractivity contribution in [2.75, 3.05) is 0 Å². The van der Waals surface area contributed by atoms with Gasteiger partial charge in [-0.1, -0.05) is 43.3 Å². The first kappa shape index (κ1) is 13.1. The predicted octanol–water partition coefficient (Wildman–Crippen LogP) is 2.49. The second-order valence-corrected chi connectivity index (χ2v) is 6.83. The second kappa shape index (κ2) is 4.44. The van der Waals surface area contributed by atoms with Crippen molar-refractivity contribution in [3.63, 3.8) is 0 Å². The van der Waals surface area contributed by atoms with E-state index in [0.29, 0.717) is 11.5 Å². The summed E-state index contributed by atoms with van der Waals surface area (Å²) in [5.41, 5.74) is 0.723. The van der Waals surface area contributed by atoms with E-state index in [2.05, 4.69) is 19.1 Å². The third-order valence-corrected chi connectivity index (χ3v) is 5.41. The van der Waals surface area contributed by atoms with Gasteiger partial charge < -0.3 is 9.84 Å². The average Bonchev–Trinajstić information content (AvgIpc) is 2.87. The minimum atomic E-state index is -1.04. The van der Waals surface area contributed by atoms with Gasteiger partial charge in [-0.25, -0.2) is 4.79 Å². The summed E-state index contributed by atoms with van der Waals surface area (Å²) >= 11 is 0. The smallest absolute Gasteiger partial charge is 0.337 e. The number of ether oxygens (including phenoxy) is 1. The van der Waals surface area contributed by atoms with E-state index < -0.39 is 5.60 Å². The van der Waals surface area contributed by atoms with Gasteiger partial charge in [0.1, 0.15) is 11.7 Å². The van der Waals surface area contributed by atoms with E-state index in [1.165, 1.54) is 5.56 Å². The van der Waals surface area contributed by atoms with Gasteiger partial charge in [0, 0.05) is 5.92 Å². The molecule has 0 unspecified atom stereocenters. The highest BCUT2D eigenvalue weighted by molar-refractivity contribution is 5.94. The lowest BCUT2D eigenvalue weighted by atomic mass is 9.73. The van der Waals surface area contributed by atoms with Crippen LogP contribution in [0.25, 0.3) is 0 Å². The number of esters is 1. The van der Waals surface area contributed by atoms with Crippen LogP contribution in [0.15, 0.2) is 42.0 Å². The molecule has 0 bridgehead atoms. The highest BCUT2D eigenvalue weighted by Crippen LogP contribution is 2.55. The molecule has 21 heavy (non-hydrogen) atoms. The van der Waals surface area contributed by atoms with Gasteiger partial charge >= 0.3 is 5.97 Å². The van der Waals surface area contributed by atoms with Crippen molar-refractivity contribution in [2.24, 2.45) is 17.8 Å². The van der Waals surface area contributed by atoms with Gasteiger partial charge in [-0.15, -0.1) is 0 Å². The van der Waals surface area contributed by atoms with Gasteiger partial charge in [0.05, 0.1) is 5.57 Å². The lowest BCUT2D eigenvalue weighted by Crippen LogP contribution is -2.45. The number of hydrogen-bond acceptors (Lipinski definition) is 3. The van der Waals surface area contributed by atoms with Crippen LogP contribution in [-0.4, -0.2) is 22.8 Å². The van der Waals surface area contributed by atoms with Crippen LogP contribution in [0.3, 0.4) is 0 Å². The zero-order chi connectivity index (χ0) is 14.6. The highest BCUT2D eigenvalue weighted by atomic mass is 16.6. The summed E-state index contributed by atoms with van der Waals surface area (Å²) in [6, 6.07) is 10.3. The fourth-order valence-electron chi connectivity index (χ4n) is 4.55. The van der Waals surface area contributed by atoms with Crippen molar-refractivity contribution < 1.29 is 14.6 Å². The van der Waals surface area contributed by atoms with E-state index in [9.17, 15) is 9.90 Å². The molecule has 0 spiro atoms. The molecule has 1 saturated heterocycles. The van der Waals surface area contributed by atoms with Gasteiger partial charge in [0.15, 0.2) is 0 Å². The van der Waals surface area contributed by atoms with Crippen molar-refractivity contribution in [1.82, 2.24) is 0 Å². The van der Waals surface area contributed by atoms with E-state index in [1.54, 1.807) is 0 Å². The maximum absolute atomic E-state index is 12.1. The van der Waals surface area contributed by atoms with Gasteiger partial charge in [-0.2, -0.15) is 0 Å². The third kappa shape index (κ3) is 1.80. The molecule has 3 aliphatic rings. The highest BCUT2D eigenvalue weighted by Gasteiger charge is 2.65. The molecule has 1 N–H and O–H groups in total. The van der Waals surface area contributed by atoms with Crippen molar-refractivity contribution in [2.45, 2.75) is 37.9 Å². The molecule has 1 heterocycles. The van der Waals surface area contributed by atoms with Crippen LogP contribution >= 0.6 is 0 Å². The van der Waals surface area contributed by atoms with Gasteiger partial charge in [-0.3, -0.25) is 0 Å². The van der Waals surface area contributed by atoms with Crippen LogP contribution < -0.4 is 0 Å². The Balaban J connectivity index is 1.67. The quantitative estimate of drug-likeness (QED) is 0.849. The lowest BCUT2D eigenvalue weighted by Gasteiger charge is -2.33. The fourth-order valence-corrected chi connectivity index (χ4v) is 4.55. The Morgan fingerprint density at radius 3 is 2.81 bits per heavy atom. The molecule has 3 nitrogen and oxygen atoms in total. The normalized spacial score (nSPS) is 40.7. The number of hydrogen-bond donors (Lipinski definition) is 1. The van der Waals surface area contributed by atoms with E-state index in [1.807, 2.05) is 24.3 Å². The first-order chi connectivity index (χ1) is 10.1.